The quantitative estimate of drug-likeness (QED) is 0.697. The molecule has 0 spiro atoms. The topological polar surface area (TPSA) is 98.6 Å². The van der Waals surface area contributed by atoms with Crippen molar-refractivity contribution in [3.63, 3.8) is 0 Å². The SMILES string of the molecule is COCCNC(=O)[C@@H]1C[C@H](Oc2cccnc2)CN1C(=O)c1cc(C)n(C)n1. The number of hydrogen-bond donors (Lipinski definition) is 1. The number of methoxy groups -OCH3 is 1. The van der Waals surface area contributed by atoms with Crippen LogP contribution in [0.2, 0.25) is 0 Å². The number of carbonyl (C=O) groups excluding carboxylic acids is 2. The number of nitrogens with one attached hydrogen (secondary N) is 1. The highest BCUT2D eigenvalue weighted by Gasteiger charge is 2.41. The summed E-state index contributed by atoms with van der Waals surface area (Å²) in [7, 11) is 3.35. The van der Waals surface area contributed by atoms with Crippen LogP contribution in [0.1, 0.15) is 22.6 Å². The molecular weight excluding hydrogens is 362 g/mol. The molecule has 3 rings (SSSR count). The third-order valence-corrected chi connectivity index (χ3v) is 4.70. The summed E-state index contributed by atoms with van der Waals surface area (Å²) in [5.41, 5.74) is 1.18. The largest absolute Gasteiger partial charge is 0.487 e. The molecule has 0 saturated carbocycles. The Bertz CT molecular complexity index is 803. The zero-order valence-electron chi connectivity index (χ0n) is 16.3. The third kappa shape index (κ3) is 4.48. The van der Waals surface area contributed by atoms with Crippen LogP contribution in [0.15, 0.2) is 30.6 Å². The molecule has 1 aliphatic heterocycles. The van der Waals surface area contributed by atoms with Gasteiger partial charge in [0, 0.05) is 39.0 Å². The van der Waals surface area contributed by atoms with Crippen molar-refractivity contribution in [3.8, 4) is 5.75 Å². The first-order chi connectivity index (χ1) is 13.5. The standard InChI is InChI=1S/C19H25N5O4/c1-13-9-16(22-23(13)2)19(26)24-12-15(28-14-5-4-6-20-11-14)10-17(24)18(25)21-7-8-27-3/h4-6,9,11,15,17H,7-8,10,12H2,1-3H3,(H,21,25)/t15-,17-/m0/s1. The zero-order chi connectivity index (χ0) is 20.1. The van der Waals surface area contributed by atoms with Crippen molar-refractivity contribution in [2.75, 3.05) is 26.8 Å². The Hall–Kier alpha value is -2.94. The Balaban J connectivity index is 1.76. The fraction of sp³-hybridized carbons (Fsp3) is 0.474. The summed E-state index contributed by atoms with van der Waals surface area (Å²) in [6.07, 6.45) is 3.36. The highest BCUT2D eigenvalue weighted by atomic mass is 16.5. The number of pyridine rings is 1. The minimum Gasteiger partial charge on any atom is -0.487 e. The minimum absolute atomic E-state index is 0.227. The maximum atomic E-state index is 13.0. The van der Waals surface area contributed by atoms with Gasteiger partial charge in [0.2, 0.25) is 5.91 Å². The summed E-state index contributed by atoms with van der Waals surface area (Å²) in [5.74, 6) is 0.0947. The number of aromatic nitrogens is 3. The molecule has 3 heterocycles. The van der Waals surface area contributed by atoms with Crippen molar-refractivity contribution in [2.24, 2.45) is 7.05 Å². The second-order valence-corrected chi connectivity index (χ2v) is 6.72. The smallest absolute Gasteiger partial charge is 0.275 e. The molecule has 2 amide bonds. The maximum Gasteiger partial charge on any atom is 0.275 e. The highest BCUT2D eigenvalue weighted by molar-refractivity contribution is 5.96. The van der Waals surface area contributed by atoms with Crippen LogP contribution in [0, 0.1) is 6.92 Å². The van der Waals surface area contributed by atoms with E-state index in [0.29, 0.717) is 37.6 Å². The number of amides is 2. The van der Waals surface area contributed by atoms with E-state index in [0.717, 1.165) is 5.69 Å². The molecule has 28 heavy (non-hydrogen) atoms. The van der Waals surface area contributed by atoms with Crippen molar-refractivity contribution in [2.45, 2.75) is 25.5 Å². The van der Waals surface area contributed by atoms with Crippen LogP contribution in [0.4, 0.5) is 0 Å². The zero-order valence-corrected chi connectivity index (χ0v) is 16.3. The first-order valence-corrected chi connectivity index (χ1v) is 9.14. The van der Waals surface area contributed by atoms with Crippen LogP contribution in [0.5, 0.6) is 5.75 Å². The monoisotopic (exact) mass is 387 g/mol. The molecule has 2 atom stereocenters. The molecule has 2 aromatic heterocycles. The van der Waals surface area contributed by atoms with Crippen molar-refractivity contribution in [3.05, 3.63) is 42.0 Å². The minimum atomic E-state index is -0.631. The van der Waals surface area contributed by atoms with Crippen LogP contribution < -0.4 is 10.1 Å². The maximum absolute atomic E-state index is 13.0. The summed E-state index contributed by atoms with van der Waals surface area (Å²) < 4.78 is 12.6. The lowest BCUT2D eigenvalue weighted by Crippen LogP contribution is -2.46. The van der Waals surface area contributed by atoms with Gasteiger partial charge in [0.1, 0.15) is 17.9 Å². The van der Waals surface area contributed by atoms with E-state index in [1.54, 1.807) is 49.4 Å². The van der Waals surface area contributed by atoms with E-state index in [1.807, 2.05) is 6.92 Å². The van der Waals surface area contributed by atoms with Gasteiger partial charge in [-0.05, 0) is 25.1 Å². The fourth-order valence-electron chi connectivity index (χ4n) is 3.17. The van der Waals surface area contributed by atoms with Crippen molar-refractivity contribution in [1.29, 1.82) is 0 Å². The normalized spacial score (nSPS) is 18.9. The van der Waals surface area contributed by atoms with Crippen LogP contribution in [0.3, 0.4) is 0 Å². The van der Waals surface area contributed by atoms with Gasteiger partial charge in [-0.25, -0.2) is 0 Å². The van der Waals surface area contributed by atoms with Crippen LogP contribution in [-0.4, -0.2) is 70.4 Å². The van der Waals surface area contributed by atoms with E-state index in [-0.39, 0.29) is 17.9 Å². The van der Waals surface area contributed by atoms with E-state index in [9.17, 15) is 9.59 Å². The molecule has 0 unspecified atom stereocenters. The Morgan fingerprint density at radius 3 is 2.86 bits per heavy atom. The van der Waals surface area contributed by atoms with Gasteiger partial charge in [-0.15, -0.1) is 0 Å². The molecule has 150 valence electrons. The average molecular weight is 387 g/mol. The predicted molar refractivity (Wildman–Crippen MR) is 101 cm³/mol. The van der Waals surface area contributed by atoms with Gasteiger partial charge in [-0.2, -0.15) is 5.10 Å². The van der Waals surface area contributed by atoms with Crippen molar-refractivity contribution >= 4 is 11.8 Å². The van der Waals surface area contributed by atoms with E-state index in [2.05, 4.69) is 15.4 Å². The molecule has 0 radical (unpaired) electrons. The number of likely N-dealkylation sites (tertiary alicyclic amines) is 1. The lowest BCUT2D eigenvalue weighted by molar-refractivity contribution is -0.125. The first kappa shape index (κ1) is 19.8. The molecule has 1 fully saturated rings. The Morgan fingerprint density at radius 2 is 2.21 bits per heavy atom. The number of rotatable bonds is 7. The van der Waals surface area contributed by atoms with Crippen molar-refractivity contribution < 1.29 is 19.1 Å². The van der Waals surface area contributed by atoms with E-state index in [1.165, 1.54) is 4.90 Å². The van der Waals surface area contributed by atoms with Gasteiger partial charge in [-0.1, -0.05) is 0 Å². The van der Waals surface area contributed by atoms with Gasteiger partial charge < -0.3 is 19.7 Å². The molecular formula is C19H25N5O4. The summed E-state index contributed by atoms with van der Waals surface area (Å²) in [4.78, 5) is 31.3. The summed E-state index contributed by atoms with van der Waals surface area (Å²) in [6.45, 7) is 2.95. The molecule has 2 aromatic rings. The molecule has 9 nitrogen and oxygen atoms in total. The molecule has 1 aliphatic rings. The van der Waals surface area contributed by atoms with Crippen LogP contribution in [-0.2, 0) is 16.6 Å². The second kappa shape index (κ2) is 8.83. The lowest BCUT2D eigenvalue weighted by atomic mass is 10.1. The molecule has 0 aliphatic carbocycles. The van der Waals surface area contributed by atoms with Gasteiger partial charge in [0.05, 0.1) is 19.3 Å². The number of hydrogen-bond acceptors (Lipinski definition) is 6. The van der Waals surface area contributed by atoms with Gasteiger partial charge in [0.15, 0.2) is 5.69 Å². The van der Waals surface area contributed by atoms with Crippen LogP contribution >= 0.6 is 0 Å². The fourth-order valence-corrected chi connectivity index (χ4v) is 3.17. The number of ether oxygens (including phenoxy) is 2. The Kier molecular flexibility index (Phi) is 6.25. The third-order valence-electron chi connectivity index (χ3n) is 4.70. The molecule has 9 heteroatoms. The Labute approximate surface area is 163 Å². The lowest BCUT2D eigenvalue weighted by Gasteiger charge is -2.22. The number of nitrogens with zero attached hydrogens (tertiary/aromatic N) is 4. The van der Waals surface area contributed by atoms with Crippen LogP contribution in [0.25, 0.3) is 0 Å². The van der Waals surface area contributed by atoms with Crippen molar-refractivity contribution in [1.82, 2.24) is 25.0 Å². The highest BCUT2D eigenvalue weighted by Crippen LogP contribution is 2.24. The number of carbonyl (C=O) groups is 2. The Morgan fingerprint density at radius 1 is 1.39 bits per heavy atom. The van der Waals surface area contributed by atoms with Gasteiger partial charge in [0.25, 0.3) is 5.91 Å². The molecule has 1 saturated heterocycles. The van der Waals surface area contributed by atoms with E-state index in [4.69, 9.17) is 9.47 Å². The van der Waals surface area contributed by atoms with Gasteiger partial charge >= 0.3 is 0 Å². The summed E-state index contributed by atoms with van der Waals surface area (Å²) in [5, 5.41) is 7.07. The predicted octanol–water partition coefficient (Wildman–Crippen LogP) is 0.548. The first-order valence-electron chi connectivity index (χ1n) is 9.14. The van der Waals surface area contributed by atoms with E-state index >= 15 is 0 Å². The molecule has 1 N–H and O–H groups in total. The van der Waals surface area contributed by atoms with Gasteiger partial charge in [-0.3, -0.25) is 19.3 Å². The summed E-state index contributed by atoms with van der Waals surface area (Å²) >= 11 is 0. The summed E-state index contributed by atoms with van der Waals surface area (Å²) in [6, 6.07) is 4.66. The molecule has 0 bridgehead atoms. The molecule has 0 aromatic carbocycles. The van der Waals surface area contributed by atoms with E-state index < -0.39 is 6.04 Å². The average Bonchev–Trinajstić information content (AvgIpc) is 3.26. The number of aryl methyl sites for hydroxylation is 2. The second-order valence-electron chi connectivity index (χ2n) is 6.72.